The summed E-state index contributed by atoms with van der Waals surface area (Å²) in [5, 5.41) is 12.9. The van der Waals surface area contributed by atoms with E-state index >= 15 is 0 Å². The van der Waals surface area contributed by atoms with Crippen molar-refractivity contribution in [2.75, 3.05) is 37.6 Å². The minimum Gasteiger partial charge on any atom is -0.506 e. The fraction of sp³-hybridized carbons (Fsp3) is 0.562. The lowest BCUT2D eigenvalue weighted by molar-refractivity contribution is -0.123. The molecule has 1 aliphatic heterocycles. The van der Waals surface area contributed by atoms with Crippen molar-refractivity contribution in [3.05, 3.63) is 24.3 Å². The lowest BCUT2D eigenvalue weighted by Gasteiger charge is -2.36. The van der Waals surface area contributed by atoms with Crippen molar-refractivity contribution in [3.63, 3.8) is 0 Å². The molecule has 0 spiro atoms. The molecule has 0 atom stereocenters. The SMILES string of the molecule is CC(C)(C)NC(=O)CN1CCN(c2ccccc2O)CC1. The molecule has 1 amide bonds. The molecule has 5 heteroatoms. The van der Waals surface area contributed by atoms with Crippen LogP contribution in [0.4, 0.5) is 5.69 Å². The third-order valence-electron chi connectivity index (χ3n) is 3.48. The number of amides is 1. The fourth-order valence-electron chi connectivity index (χ4n) is 2.54. The maximum absolute atomic E-state index is 11.9. The molecule has 0 saturated carbocycles. The first kappa shape index (κ1) is 15.6. The molecule has 2 N–H and O–H groups in total. The molecule has 116 valence electrons. The van der Waals surface area contributed by atoms with Crippen LogP contribution in [0.2, 0.25) is 0 Å². The van der Waals surface area contributed by atoms with Crippen LogP contribution in [0.15, 0.2) is 24.3 Å². The number of rotatable bonds is 3. The number of carbonyl (C=O) groups is 1. The second kappa shape index (κ2) is 6.35. The van der Waals surface area contributed by atoms with Crippen LogP contribution in [0.3, 0.4) is 0 Å². The Morgan fingerprint density at radius 3 is 2.38 bits per heavy atom. The average Bonchev–Trinajstić information content (AvgIpc) is 2.38. The Hall–Kier alpha value is -1.75. The van der Waals surface area contributed by atoms with E-state index in [1.54, 1.807) is 6.07 Å². The molecule has 1 heterocycles. The maximum atomic E-state index is 11.9. The molecule has 0 bridgehead atoms. The van der Waals surface area contributed by atoms with Gasteiger partial charge in [-0.2, -0.15) is 0 Å². The zero-order valence-electron chi connectivity index (χ0n) is 13.1. The van der Waals surface area contributed by atoms with Crippen LogP contribution >= 0.6 is 0 Å². The number of aromatic hydroxyl groups is 1. The van der Waals surface area contributed by atoms with E-state index in [4.69, 9.17) is 0 Å². The van der Waals surface area contributed by atoms with E-state index < -0.39 is 0 Å². The van der Waals surface area contributed by atoms with Crippen LogP contribution in [0.1, 0.15) is 20.8 Å². The van der Waals surface area contributed by atoms with Gasteiger partial charge in [-0.05, 0) is 32.9 Å². The van der Waals surface area contributed by atoms with Crippen molar-refractivity contribution in [2.24, 2.45) is 0 Å². The normalized spacial score (nSPS) is 16.8. The van der Waals surface area contributed by atoms with Gasteiger partial charge in [0, 0.05) is 31.7 Å². The van der Waals surface area contributed by atoms with Crippen molar-refractivity contribution in [2.45, 2.75) is 26.3 Å². The first-order valence-corrected chi connectivity index (χ1v) is 7.41. The highest BCUT2D eigenvalue weighted by molar-refractivity contribution is 5.78. The number of piperazine rings is 1. The number of nitrogens with one attached hydrogen (secondary N) is 1. The minimum atomic E-state index is -0.186. The molecule has 1 aromatic rings. The van der Waals surface area contributed by atoms with Crippen LogP contribution in [0.5, 0.6) is 5.75 Å². The minimum absolute atomic E-state index is 0.0681. The van der Waals surface area contributed by atoms with E-state index in [9.17, 15) is 9.90 Å². The van der Waals surface area contributed by atoms with Crippen molar-refractivity contribution in [1.29, 1.82) is 0 Å². The highest BCUT2D eigenvalue weighted by Gasteiger charge is 2.22. The first-order chi connectivity index (χ1) is 9.85. The summed E-state index contributed by atoms with van der Waals surface area (Å²) in [5.74, 6) is 0.384. The van der Waals surface area contributed by atoms with Gasteiger partial charge >= 0.3 is 0 Å². The Balaban J connectivity index is 1.84. The quantitative estimate of drug-likeness (QED) is 0.884. The summed E-state index contributed by atoms with van der Waals surface area (Å²) in [6.07, 6.45) is 0. The van der Waals surface area contributed by atoms with Gasteiger partial charge in [-0.25, -0.2) is 0 Å². The Labute approximate surface area is 126 Å². The second-order valence-electron chi connectivity index (χ2n) is 6.55. The van der Waals surface area contributed by atoms with Crippen molar-refractivity contribution in [1.82, 2.24) is 10.2 Å². The van der Waals surface area contributed by atoms with E-state index in [0.29, 0.717) is 12.3 Å². The molecule has 1 fully saturated rings. The lowest BCUT2D eigenvalue weighted by atomic mass is 10.1. The molecule has 21 heavy (non-hydrogen) atoms. The van der Waals surface area contributed by atoms with E-state index in [1.165, 1.54) is 0 Å². The molecule has 5 nitrogen and oxygen atoms in total. The summed E-state index contributed by atoms with van der Waals surface area (Å²) in [7, 11) is 0. The fourth-order valence-corrected chi connectivity index (χ4v) is 2.54. The summed E-state index contributed by atoms with van der Waals surface area (Å²) in [5.41, 5.74) is 0.686. The number of phenols is 1. The maximum Gasteiger partial charge on any atom is 0.234 e. The van der Waals surface area contributed by atoms with Crippen molar-refractivity contribution in [3.8, 4) is 5.75 Å². The zero-order chi connectivity index (χ0) is 15.5. The largest absolute Gasteiger partial charge is 0.506 e. The molecule has 0 aliphatic carbocycles. The van der Waals surface area contributed by atoms with Crippen LogP contribution in [-0.2, 0) is 4.79 Å². The molecule has 1 aromatic carbocycles. The lowest BCUT2D eigenvalue weighted by Crippen LogP contribution is -2.51. The van der Waals surface area contributed by atoms with Gasteiger partial charge in [-0.1, -0.05) is 12.1 Å². The average molecular weight is 291 g/mol. The summed E-state index contributed by atoms with van der Waals surface area (Å²) in [4.78, 5) is 16.2. The van der Waals surface area contributed by atoms with E-state index in [0.717, 1.165) is 31.9 Å². The van der Waals surface area contributed by atoms with Gasteiger partial charge in [0.15, 0.2) is 0 Å². The third-order valence-corrected chi connectivity index (χ3v) is 3.48. The molecule has 1 aliphatic rings. The predicted molar refractivity (Wildman–Crippen MR) is 84.7 cm³/mol. The zero-order valence-corrected chi connectivity index (χ0v) is 13.1. The summed E-state index contributed by atoms with van der Waals surface area (Å²) in [6.45, 7) is 9.69. The molecule has 1 saturated heterocycles. The monoisotopic (exact) mass is 291 g/mol. The van der Waals surface area contributed by atoms with Gasteiger partial charge < -0.3 is 15.3 Å². The predicted octanol–water partition coefficient (Wildman–Crippen LogP) is 1.43. The summed E-state index contributed by atoms with van der Waals surface area (Å²) >= 11 is 0. The number of nitrogens with zero attached hydrogens (tertiary/aromatic N) is 2. The molecular formula is C16H25N3O2. The Morgan fingerprint density at radius 2 is 1.81 bits per heavy atom. The van der Waals surface area contributed by atoms with Gasteiger partial charge in [0.2, 0.25) is 5.91 Å². The van der Waals surface area contributed by atoms with Gasteiger partial charge in [-0.3, -0.25) is 9.69 Å². The van der Waals surface area contributed by atoms with Crippen LogP contribution in [0, 0.1) is 0 Å². The van der Waals surface area contributed by atoms with E-state index in [2.05, 4.69) is 15.1 Å². The molecular weight excluding hydrogens is 266 g/mol. The van der Waals surface area contributed by atoms with Crippen LogP contribution < -0.4 is 10.2 Å². The Morgan fingerprint density at radius 1 is 1.19 bits per heavy atom. The van der Waals surface area contributed by atoms with Crippen LogP contribution in [-0.4, -0.2) is 54.2 Å². The van der Waals surface area contributed by atoms with Gasteiger partial charge in [-0.15, -0.1) is 0 Å². The third kappa shape index (κ3) is 4.63. The molecule has 2 rings (SSSR count). The summed E-state index contributed by atoms with van der Waals surface area (Å²) < 4.78 is 0. The van der Waals surface area contributed by atoms with E-state index in [1.807, 2.05) is 39.0 Å². The Kier molecular flexibility index (Phi) is 4.73. The number of hydrogen-bond donors (Lipinski definition) is 2. The van der Waals surface area contributed by atoms with Gasteiger partial charge in [0.05, 0.1) is 12.2 Å². The number of carbonyl (C=O) groups excluding carboxylic acids is 1. The molecule has 0 aromatic heterocycles. The topological polar surface area (TPSA) is 55.8 Å². The second-order valence-corrected chi connectivity index (χ2v) is 6.55. The smallest absolute Gasteiger partial charge is 0.234 e. The molecule has 0 radical (unpaired) electrons. The first-order valence-electron chi connectivity index (χ1n) is 7.41. The number of anilines is 1. The summed E-state index contributed by atoms with van der Waals surface area (Å²) in [6, 6.07) is 7.39. The van der Waals surface area contributed by atoms with Crippen LogP contribution in [0.25, 0.3) is 0 Å². The molecule has 0 unspecified atom stereocenters. The number of hydrogen-bond acceptors (Lipinski definition) is 4. The number of phenolic OH excluding ortho intramolecular Hbond substituents is 1. The highest BCUT2D eigenvalue weighted by atomic mass is 16.3. The number of benzene rings is 1. The number of para-hydroxylation sites is 2. The van der Waals surface area contributed by atoms with Gasteiger partial charge in [0.25, 0.3) is 0 Å². The highest BCUT2D eigenvalue weighted by Crippen LogP contribution is 2.27. The Bertz CT molecular complexity index is 489. The van der Waals surface area contributed by atoms with E-state index in [-0.39, 0.29) is 11.4 Å². The standard InChI is InChI=1S/C16H25N3O2/c1-16(2,3)17-15(21)12-18-8-10-19(11-9-18)13-6-4-5-7-14(13)20/h4-7,20H,8-12H2,1-3H3,(H,17,21). The van der Waals surface area contributed by atoms with Crippen molar-refractivity contribution < 1.29 is 9.90 Å². The van der Waals surface area contributed by atoms with Gasteiger partial charge in [0.1, 0.15) is 5.75 Å². The van der Waals surface area contributed by atoms with Crippen molar-refractivity contribution >= 4 is 11.6 Å².